The van der Waals surface area contributed by atoms with E-state index in [0.29, 0.717) is 23.6 Å². The molecule has 0 fully saturated rings. The van der Waals surface area contributed by atoms with Crippen LogP contribution in [0.1, 0.15) is 27.7 Å². The molecule has 0 aliphatic heterocycles. The van der Waals surface area contributed by atoms with Crippen LogP contribution in [0.3, 0.4) is 0 Å². The van der Waals surface area contributed by atoms with E-state index < -0.39 is 0 Å². The lowest BCUT2D eigenvalue weighted by atomic mass is 9.99. The van der Waals surface area contributed by atoms with Crippen LogP contribution in [0.15, 0.2) is 66.7 Å². The van der Waals surface area contributed by atoms with Crippen molar-refractivity contribution in [2.24, 2.45) is 0 Å². The summed E-state index contributed by atoms with van der Waals surface area (Å²) in [5, 5.41) is 1.51. The first-order valence-corrected chi connectivity index (χ1v) is 10.5. The van der Waals surface area contributed by atoms with Crippen LogP contribution in [0.4, 0.5) is 4.39 Å². The Balaban J connectivity index is 1.72. The predicted molar refractivity (Wildman–Crippen MR) is 117 cm³/mol. The molecule has 0 aliphatic rings. The number of rotatable bonds is 5. The summed E-state index contributed by atoms with van der Waals surface area (Å²) in [7, 11) is 0. The van der Waals surface area contributed by atoms with Crippen molar-refractivity contribution in [2.45, 2.75) is 13.3 Å². The minimum absolute atomic E-state index is 0.324. The maximum atomic E-state index is 13.7. The molecular weight excluding hydrogens is 407 g/mol. The van der Waals surface area contributed by atoms with E-state index in [0.717, 1.165) is 31.7 Å². The molecule has 3 aromatic carbocycles. The molecule has 0 spiro atoms. The first-order chi connectivity index (χ1) is 14.0. The lowest BCUT2D eigenvalue weighted by Crippen LogP contribution is -2.04. The minimum Gasteiger partial charge on any atom is -0.462 e. The Kier molecular flexibility index (Phi) is 5.65. The molecule has 1 aromatic heterocycles. The number of carbonyl (C=O) groups is 1. The van der Waals surface area contributed by atoms with Gasteiger partial charge in [-0.3, -0.25) is 0 Å². The summed E-state index contributed by atoms with van der Waals surface area (Å²) in [6.45, 7) is 2.14. The lowest BCUT2D eigenvalue weighted by Gasteiger charge is -2.07. The number of carbonyl (C=O) groups excluding carboxylic acids is 1. The number of hydrogen-bond acceptors (Lipinski definition) is 3. The average molecular weight is 425 g/mol. The van der Waals surface area contributed by atoms with Crippen molar-refractivity contribution in [2.75, 3.05) is 6.61 Å². The van der Waals surface area contributed by atoms with Crippen molar-refractivity contribution in [3.05, 3.63) is 93.6 Å². The zero-order valence-electron chi connectivity index (χ0n) is 15.7. The topological polar surface area (TPSA) is 26.3 Å². The molecule has 5 heteroatoms. The van der Waals surface area contributed by atoms with Crippen LogP contribution < -0.4 is 0 Å². The third kappa shape index (κ3) is 4.34. The van der Waals surface area contributed by atoms with E-state index in [-0.39, 0.29) is 11.8 Å². The highest BCUT2D eigenvalue weighted by Crippen LogP contribution is 2.35. The van der Waals surface area contributed by atoms with Crippen LogP contribution in [0, 0.1) is 5.82 Å². The third-order valence-corrected chi connectivity index (χ3v) is 5.92. The second kappa shape index (κ2) is 8.36. The molecule has 2 nitrogen and oxygen atoms in total. The molecule has 0 N–H and O–H groups in total. The Morgan fingerprint density at radius 1 is 1.07 bits per heavy atom. The van der Waals surface area contributed by atoms with Crippen molar-refractivity contribution < 1.29 is 13.9 Å². The fourth-order valence-corrected chi connectivity index (χ4v) is 4.76. The zero-order valence-corrected chi connectivity index (χ0v) is 17.3. The van der Waals surface area contributed by atoms with Gasteiger partial charge in [0.05, 0.1) is 12.2 Å². The SMILES string of the molecule is CCOC(=O)c1cccc(-c2cccc3sc(Cc4cc(F)cc(Cl)c4)cc23)c1. The molecule has 29 heavy (non-hydrogen) atoms. The van der Waals surface area contributed by atoms with Crippen LogP contribution in [-0.2, 0) is 11.2 Å². The fraction of sp³-hybridized carbons (Fsp3) is 0.125. The van der Waals surface area contributed by atoms with E-state index in [9.17, 15) is 9.18 Å². The predicted octanol–water partition coefficient (Wildman–Crippen LogP) is 7.13. The Morgan fingerprint density at radius 2 is 1.90 bits per heavy atom. The van der Waals surface area contributed by atoms with Crippen molar-refractivity contribution in [3.63, 3.8) is 0 Å². The second-order valence-corrected chi connectivity index (χ2v) is 8.29. The number of hydrogen-bond donors (Lipinski definition) is 0. The molecule has 4 rings (SSSR count). The summed E-state index contributed by atoms with van der Waals surface area (Å²) < 4.78 is 19.9. The maximum absolute atomic E-state index is 13.7. The van der Waals surface area contributed by atoms with E-state index in [2.05, 4.69) is 12.1 Å². The Hall–Kier alpha value is -2.69. The molecule has 0 unspecified atom stereocenters. The molecule has 0 aliphatic carbocycles. The Bertz CT molecular complexity index is 1180. The molecule has 0 atom stereocenters. The number of fused-ring (bicyclic) bond motifs is 1. The van der Waals surface area contributed by atoms with Crippen LogP contribution in [0.25, 0.3) is 21.2 Å². The maximum Gasteiger partial charge on any atom is 0.338 e. The molecule has 146 valence electrons. The quantitative estimate of drug-likeness (QED) is 0.318. The largest absolute Gasteiger partial charge is 0.462 e. The smallest absolute Gasteiger partial charge is 0.338 e. The normalized spacial score (nSPS) is 11.0. The summed E-state index contributed by atoms with van der Waals surface area (Å²) >= 11 is 7.66. The highest BCUT2D eigenvalue weighted by Gasteiger charge is 2.12. The van der Waals surface area contributed by atoms with Crippen LogP contribution in [0.2, 0.25) is 5.02 Å². The first kappa shape index (κ1) is 19.6. The second-order valence-electron chi connectivity index (χ2n) is 6.69. The van der Waals surface area contributed by atoms with Gasteiger partial charge in [-0.2, -0.15) is 0 Å². The Morgan fingerprint density at radius 3 is 2.69 bits per heavy atom. The van der Waals surface area contributed by atoms with Gasteiger partial charge in [-0.1, -0.05) is 35.9 Å². The van der Waals surface area contributed by atoms with Gasteiger partial charge in [-0.25, -0.2) is 9.18 Å². The minimum atomic E-state index is -0.329. The third-order valence-electron chi connectivity index (χ3n) is 4.60. The molecule has 0 bridgehead atoms. The number of esters is 1. The van der Waals surface area contributed by atoms with Crippen LogP contribution >= 0.6 is 22.9 Å². The summed E-state index contributed by atoms with van der Waals surface area (Å²) in [5.74, 6) is -0.652. The van der Waals surface area contributed by atoms with Gasteiger partial charge in [-0.05, 0) is 66.1 Å². The van der Waals surface area contributed by atoms with Crippen LogP contribution in [-0.4, -0.2) is 12.6 Å². The van der Waals surface area contributed by atoms with Gasteiger partial charge in [-0.15, -0.1) is 11.3 Å². The summed E-state index contributed by atoms with van der Waals surface area (Å²) in [4.78, 5) is 13.2. The first-order valence-electron chi connectivity index (χ1n) is 9.27. The molecule has 0 amide bonds. The highest BCUT2D eigenvalue weighted by molar-refractivity contribution is 7.19. The number of benzene rings is 3. The Labute approximate surface area is 177 Å². The van der Waals surface area contributed by atoms with Gasteiger partial charge in [0.15, 0.2) is 0 Å². The van der Waals surface area contributed by atoms with Crippen molar-refractivity contribution in [3.8, 4) is 11.1 Å². The standard InChI is InChI=1S/C24H18ClFO2S/c1-2-28-24(27)17-6-3-5-16(12-17)21-7-4-8-23-22(21)14-20(29-23)11-15-9-18(25)13-19(26)10-15/h3-10,12-14H,2,11H2,1H3. The average Bonchev–Trinajstić information content (AvgIpc) is 3.09. The van der Waals surface area contributed by atoms with E-state index >= 15 is 0 Å². The van der Waals surface area contributed by atoms with Gasteiger partial charge < -0.3 is 4.74 Å². The van der Waals surface area contributed by atoms with Gasteiger partial charge >= 0.3 is 5.97 Å². The van der Waals surface area contributed by atoms with E-state index in [1.54, 1.807) is 30.4 Å². The fourth-order valence-electron chi connectivity index (χ4n) is 3.39. The zero-order chi connectivity index (χ0) is 20.4. The number of ether oxygens (including phenoxy) is 1. The van der Waals surface area contributed by atoms with Crippen molar-refractivity contribution in [1.29, 1.82) is 0 Å². The molecule has 4 aromatic rings. The summed E-state index contributed by atoms with van der Waals surface area (Å²) in [6, 6.07) is 20.3. The van der Waals surface area contributed by atoms with E-state index in [1.165, 1.54) is 12.1 Å². The molecule has 0 saturated carbocycles. The van der Waals surface area contributed by atoms with Gasteiger partial charge in [0.25, 0.3) is 0 Å². The summed E-state index contributed by atoms with van der Waals surface area (Å²) in [6.07, 6.45) is 0.610. The number of thiophene rings is 1. The van der Waals surface area contributed by atoms with Crippen molar-refractivity contribution in [1.82, 2.24) is 0 Å². The monoisotopic (exact) mass is 424 g/mol. The van der Waals surface area contributed by atoms with Gasteiger partial charge in [0, 0.05) is 26.4 Å². The van der Waals surface area contributed by atoms with Crippen molar-refractivity contribution >= 4 is 39.0 Å². The molecule has 0 radical (unpaired) electrons. The van der Waals surface area contributed by atoms with Gasteiger partial charge in [0.1, 0.15) is 5.82 Å². The number of halogens is 2. The highest BCUT2D eigenvalue weighted by atomic mass is 35.5. The molecular formula is C24H18ClFO2S. The summed E-state index contributed by atoms with van der Waals surface area (Å²) in [5.41, 5.74) is 3.38. The molecule has 1 heterocycles. The molecule has 0 saturated heterocycles. The van der Waals surface area contributed by atoms with E-state index in [4.69, 9.17) is 16.3 Å². The van der Waals surface area contributed by atoms with Gasteiger partial charge in [0.2, 0.25) is 0 Å². The van der Waals surface area contributed by atoms with E-state index in [1.807, 2.05) is 30.3 Å². The lowest BCUT2D eigenvalue weighted by molar-refractivity contribution is 0.0526. The van der Waals surface area contributed by atoms with Crippen LogP contribution in [0.5, 0.6) is 0 Å².